The molecule has 1 aliphatic rings. The Hall–Kier alpha value is -1.27. The number of hydrogen-bond donors (Lipinski definition) is 2. The van der Waals surface area contributed by atoms with Crippen molar-refractivity contribution >= 4 is 23.0 Å². The molecule has 1 fully saturated rings. The van der Waals surface area contributed by atoms with Crippen LogP contribution in [-0.4, -0.2) is 39.5 Å². The predicted molar refractivity (Wildman–Crippen MR) is 65.4 cm³/mol. The number of aliphatic hydroxyl groups excluding tert-OH is 1. The van der Waals surface area contributed by atoms with Crippen molar-refractivity contribution in [3.63, 3.8) is 0 Å². The van der Waals surface area contributed by atoms with Crippen LogP contribution in [0.1, 0.15) is 18.4 Å². The molecule has 0 bridgehead atoms. The van der Waals surface area contributed by atoms with Crippen LogP contribution >= 0.6 is 12.2 Å². The van der Waals surface area contributed by atoms with E-state index in [0.29, 0.717) is 17.4 Å². The molecule has 1 saturated heterocycles. The molecule has 3 N–H and O–H groups in total. The fourth-order valence-corrected chi connectivity index (χ4v) is 2.06. The Kier molecular flexibility index (Phi) is 3.31. The van der Waals surface area contributed by atoms with Gasteiger partial charge in [0.2, 0.25) is 0 Å². The van der Waals surface area contributed by atoms with Crippen LogP contribution in [0.25, 0.3) is 0 Å². The maximum atomic E-state index is 9.62. The van der Waals surface area contributed by atoms with Crippen LogP contribution in [0.3, 0.4) is 0 Å². The van der Waals surface area contributed by atoms with Crippen molar-refractivity contribution in [2.45, 2.75) is 18.9 Å². The van der Waals surface area contributed by atoms with Crippen molar-refractivity contribution in [2.24, 2.45) is 5.73 Å². The van der Waals surface area contributed by atoms with E-state index in [1.165, 1.54) is 0 Å². The van der Waals surface area contributed by atoms with Crippen molar-refractivity contribution in [1.82, 2.24) is 10.2 Å². The van der Waals surface area contributed by atoms with Gasteiger partial charge in [-0.25, -0.2) is 0 Å². The Bertz CT molecular complexity index is 398. The second-order valence-corrected chi connectivity index (χ2v) is 4.31. The van der Waals surface area contributed by atoms with Gasteiger partial charge in [0.25, 0.3) is 0 Å². The molecule has 1 atom stereocenters. The van der Waals surface area contributed by atoms with Crippen molar-refractivity contribution in [1.29, 1.82) is 0 Å². The number of β-amino-alcohol motifs (C(OH)–C–C–N with tert-alkyl or cyclic N) is 1. The second kappa shape index (κ2) is 4.71. The van der Waals surface area contributed by atoms with Crippen LogP contribution in [-0.2, 0) is 0 Å². The summed E-state index contributed by atoms with van der Waals surface area (Å²) < 4.78 is 0. The van der Waals surface area contributed by atoms with Crippen LogP contribution in [0.5, 0.6) is 0 Å². The number of nitrogens with zero attached hydrogens (tertiary/aromatic N) is 3. The first kappa shape index (κ1) is 11.2. The Balaban J connectivity index is 2.28. The van der Waals surface area contributed by atoms with Crippen LogP contribution in [0.2, 0.25) is 0 Å². The summed E-state index contributed by atoms with van der Waals surface area (Å²) in [5.41, 5.74) is 6.35. The summed E-state index contributed by atoms with van der Waals surface area (Å²) in [6.45, 7) is 1.42. The summed E-state index contributed by atoms with van der Waals surface area (Å²) in [6.07, 6.45) is 3.03. The quantitative estimate of drug-likeness (QED) is 0.710. The smallest absolute Gasteiger partial charge is 0.161 e. The van der Waals surface area contributed by atoms with Crippen LogP contribution in [0.4, 0.5) is 5.82 Å². The van der Waals surface area contributed by atoms with Crippen LogP contribution < -0.4 is 10.6 Å². The zero-order valence-corrected chi connectivity index (χ0v) is 9.65. The van der Waals surface area contributed by atoms with E-state index >= 15 is 0 Å². The minimum Gasteiger partial charge on any atom is -0.391 e. The molecule has 6 heteroatoms. The standard InChI is InChI=1S/C10H14N4OS/c11-9(16)8-3-4-12-13-10(8)14-5-1-2-7(15)6-14/h3-4,7,15H,1-2,5-6H2,(H2,11,16). The highest BCUT2D eigenvalue weighted by Crippen LogP contribution is 2.20. The van der Waals surface area contributed by atoms with Gasteiger partial charge in [-0.05, 0) is 18.9 Å². The largest absolute Gasteiger partial charge is 0.391 e. The lowest BCUT2D eigenvalue weighted by Crippen LogP contribution is -2.39. The third-order valence-corrected chi connectivity index (χ3v) is 2.88. The van der Waals surface area contributed by atoms with Gasteiger partial charge in [0.1, 0.15) is 4.99 Å². The summed E-state index contributed by atoms with van der Waals surface area (Å²) in [6, 6.07) is 1.76. The number of hydrogen-bond acceptors (Lipinski definition) is 5. The van der Waals surface area contributed by atoms with Crippen LogP contribution in [0, 0.1) is 0 Å². The van der Waals surface area contributed by atoms with Crippen molar-refractivity contribution in [2.75, 3.05) is 18.0 Å². The molecule has 0 saturated carbocycles. The lowest BCUT2D eigenvalue weighted by atomic mass is 10.1. The number of piperidine rings is 1. The molecule has 1 aliphatic heterocycles. The topological polar surface area (TPSA) is 75.3 Å². The van der Waals surface area contributed by atoms with Gasteiger partial charge >= 0.3 is 0 Å². The molecular weight excluding hydrogens is 224 g/mol. The molecule has 2 rings (SSSR count). The molecule has 0 aliphatic carbocycles. The summed E-state index contributed by atoms with van der Waals surface area (Å²) in [4.78, 5) is 2.29. The van der Waals surface area contributed by atoms with Gasteiger partial charge in [-0.2, -0.15) is 5.10 Å². The van der Waals surface area contributed by atoms with Crippen molar-refractivity contribution < 1.29 is 5.11 Å². The van der Waals surface area contributed by atoms with E-state index in [2.05, 4.69) is 10.2 Å². The Morgan fingerprint density at radius 1 is 1.62 bits per heavy atom. The van der Waals surface area contributed by atoms with Crippen molar-refractivity contribution in [3.8, 4) is 0 Å². The third-order valence-electron chi connectivity index (χ3n) is 2.66. The summed E-state index contributed by atoms with van der Waals surface area (Å²) in [7, 11) is 0. The van der Waals surface area contributed by atoms with E-state index in [9.17, 15) is 5.11 Å². The first-order valence-corrected chi connectivity index (χ1v) is 5.64. The Labute approximate surface area is 99.3 Å². The number of rotatable bonds is 2. The van der Waals surface area contributed by atoms with Gasteiger partial charge < -0.3 is 15.7 Å². The number of aromatic nitrogens is 2. The highest BCUT2D eigenvalue weighted by molar-refractivity contribution is 7.80. The average molecular weight is 238 g/mol. The minimum absolute atomic E-state index is 0.310. The SMILES string of the molecule is NC(=S)c1ccnnc1N1CCCC(O)C1. The van der Waals surface area contributed by atoms with E-state index in [1.54, 1.807) is 12.3 Å². The van der Waals surface area contributed by atoms with Gasteiger partial charge in [-0.15, -0.1) is 5.10 Å². The molecule has 86 valence electrons. The van der Waals surface area contributed by atoms with Gasteiger partial charge in [-0.3, -0.25) is 0 Å². The lowest BCUT2D eigenvalue weighted by Gasteiger charge is -2.31. The number of nitrogens with two attached hydrogens (primary N) is 1. The molecule has 16 heavy (non-hydrogen) atoms. The molecule has 0 aromatic carbocycles. The van der Waals surface area contributed by atoms with Crippen molar-refractivity contribution in [3.05, 3.63) is 17.8 Å². The Morgan fingerprint density at radius 2 is 2.44 bits per heavy atom. The van der Waals surface area contributed by atoms with Gasteiger partial charge in [0.15, 0.2) is 5.82 Å². The number of anilines is 1. The predicted octanol–water partition coefficient (Wildman–Crippen LogP) is 0.0719. The maximum Gasteiger partial charge on any atom is 0.161 e. The Morgan fingerprint density at radius 3 is 3.12 bits per heavy atom. The molecule has 2 heterocycles. The highest BCUT2D eigenvalue weighted by atomic mass is 32.1. The number of thiocarbonyl (C=S) groups is 1. The van der Waals surface area contributed by atoms with E-state index in [1.807, 2.05) is 4.90 Å². The van der Waals surface area contributed by atoms with E-state index in [4.69, 9.17) is 18.0 Å². The van der Waals surface area contributed by atoms with Gasteiger partial charge in [-0.1, -0.05) is 12.2 Å². The first-order chi connectivity index (χ1) is 7.68. The van der Waals surface area contributed by atoms with E-state index in [0.717, 1.165) is 24.9 Å². The molecule has 1 aromatic heterocycles. The van der Waals surface area contributed by atoms with E-state index in [-0.39, 0.29) is 6.10 Å². The zero-order chi connectivity index (χ0) is 11.5. The molecule has 0 spiro atoms. The summed E-state index contributed by atoms with van der Waals surface area (Å²) >= 11 is 4.97. The molecule has 0 amide bonds. The minimum atomic E-state index is -0.310. The maximum absolute atomic E-state index is 9.62. The average Bonchev–Trinajstić information content (AvgIpc) is 2.29. The summed E-state index contributed by atoms with van der Waals surface area (Å²) in [5.74, 6) is 0.675. The van der Waals surface area contributed by atoms with Gasteiger partial charge in [0, 0.05) is 13.1 Å². The molecule has 0 radical (unpaired) electrons. The summed E-state index contributed by atoms with van der Waals surface area (Å²) in [5, 5.41) is 17.5. The lowest BCUT2D eigenvalue weighted by molar-refractivity contribution is 0.154. The fourth-order valence-electron chi connectivity index (χ4n) is 1.90. The normalized spacial score (nSPS) is 20.8. The second-order valence-electron chi connectivity index (χ2n) is 3.87. The highest BCUT2D eigenvalue weighted by Gasteiger charge is 2.21. The van der Waals surface area contributed by atoms with E-state index < -0.39 is 0 Å². The molecular formula is C10H14N4OS. The third kappa shape index (κ3) is 2.28. The fraction of sp³-hybridized carbons (Fsp3) is 0.500. The molecule has 1 aromatic rings. The van der Waals surface area contributed by atoms with Gasteiger partial charge in [0.05, 0.1) is 17.9 Å². The van der Waals surface area contributed by atoms with Crippen LogP contribution in [0.15, 0.2) is 12.3 Å². The first-order valence-electron chi connectivity index (χ1n) is 5.23. The zero-order valence-electron chi connectivity index (χ0n) is 8.83. The number of aliphatic hydroxyl groups is 1. The molecule has 5 nitrogen and oxygen atoms in total. The monoisotopic (exact) mass is 238 g/mol. The molecule has 1 unspecified atom stereocenters.